The van der Waals surface area contributed by atoms with E-state index in [2.05, 4.69) is 20.6 Å². The molecule has 0 aliphatic heterocycles. The van der Waals surface area contributed by atoms with Crippen LogP contribution in [0.1, 0.15) is 10.5 Å². The third-order valence-electron chi connectivity index (χ3n) is 1.89. The van der Waals surface area contributed by atoms with E-state index in [-0.39, 0.29) is 5.69 Å². The Hall–Kier alpha value is -2.44. The third-order valence-corrected chi connectivity index (χ3v) is 1.89. The summed E-state index contributed by atoms with van der Waals surface area (Å²) in [4.78, 5) is 11.7. The zero-order valence-corrected chi connectivity index (χ0v) is 8.58. The fourth-order valence-corrected chi connectivity index (χ4v) is 1.23. The fraction of sp³-hybridized carbons (Fsp3) is 0.111. The number of nitrogens with one attached hydrogen (secondary N) is 1. The van der Waals surface area contributed by atoms with E-state index in [1.807, 2.05) is 0 Å². The van der Waals surface area contributed by atoms with E-state index in [0.29, 0.717) is 11.5 Å². The van der Waals surface area contributed by atoms with Gasteiger partial charge in [-0.15, -0.1) is 5.10 Å². The first-order chi connectivity index (χ1) is 7.66. The molecule has 1 amide bonds. The minimum atomic E-state index is -0.404. The Bertz CT molecular complexity index is 506. The molecule has 7 heteroatoms. The van der Waals surface area contributed by atoms with Gasteiger partial charge in [0.05, 0.1) is 5.69 Å². The second-order valence-corrected chi connectivity index (χ2v) is 3.17. The molecule has 82 valence electrons. The summed E-state index contributed by atoms with van der Waals surface area (Å²) in [7, 11) is 1.69. The summed E-state index contributed by atoms with van der Waals surface area (Å²) in [6.07, 6.45) is 3.08. The van der Waals surface area contributed by atoms with E-state index in [1.165, 1.54) is 10.9 Å². The Balaban J connectivity index is 2.18. The van der Waals surface area contributed by atoms with Gasteiger partial charge in [-0.2, -0.15) is 10.2 Å². The zero-order chi connectivity index (χ0) is 11.5. The van der Waals surface area contributed by atoms with Crippen molar-refractivity contribution in [3.05, 3.63) is 30.2 Å². The number of nitrogens with zero attached hydrogens (tertiary/aromatic N) is 4. The van der Waals surface area contributed by atoms with Crippen molar-refractivity contribution in [2.24, 2.45) is 7.05 Å². The Morgan fingerprint density at radius 3 is 2.94 bits per heavy atom. The lowest BCUT2D eigenvalue weighted by molar-refractivity contribution is 0.102. The van der Waals surface area contributed by atoms with E-state index in [9.17, 15) is 4.79 Å². The van der Waals surface area contributed by atoms with Crippen molar-refractivity contribution in [1.29, 1.82) is 0 Å². The largest absolute Gasteiger partial charge is 0.396 e. The van der Waals surface area contributed by atoms with E-state index in [4.69, 9.17) is 5.73 Å². The van der Waals surface area contributed by atoms with Crippen LogP contribution in [0.4, 0.5) is 11.5 Å². The minimum Gasteiger partial charge on any atom is -0.396 e. The molecular weight excluding hydrogens is 208 g/mol. The maximum atomic E-state index is 11.7. The second-order valence-electron chi connectivity index (χ2n) is 3.17. The van der Waals surface area contributed by atoms with Crippen LogP contribution < -0.4 is 11.1 Å². The van der Waals surface area contributed by atoms with Crippen molar-refractivity contribution >= 4 is 17.4 Å². The van der Waals surface area contributed by atoms with Crippen molar-refractivity contribution in [3.8, 4) is 0 Å². The van der Waals surface area contributed by atoms with Gasteiger partial charge in [-0.3, -0.25) is 9.48 Å². The van der Waals surface area contributed by atoms with Crippen molar-refractivity contribution in [3.63, 3.8) is 0 Å². The standard InChI is InChI=1S/C9H10N6O/c1-15-5-6(10)8(14-15)9(16)12-7-3-2-4-11-13-7/h2-5H,10H2,1H3,(H,12,13,16). The van der Waals surface area contributed by atoms with E-state index in [1.54, 1.807) is 25.4 Å². The summed E-state index contributed by atoms with van der Waals surface area (Å²) in [5.74, 6) is -0.0452. The van der Waals surface area contributed by atoms with E-state index < -0.39 is 5.91 Å². The molecule has 0 fully saturated rings. The average molecular weight is 218 g/mol. The second kappa shape index (κ2) is 3.97. The maximum Gasteiger partial charge on any atom is 0.279 e. The van der Waals surface area contributed by atoms with Crippen molar-refractivity contribution in [2.45, 2.75) is 0 Å². The van der Waals surface area contributed by atoms with Crippen LogP contribution in [0.2, 0.25) is 0 Å². The van der Waals surface area contributed by atoms with Crippen LogP contribution in [0.15, 0.2) is 24.5 Å². The quantitative estimate of drug-likeness (QED) is 0.741. The molecule has 3 N–H and O–H groups in total. The highest BCUT2D eigenvalue weighted by molar-refractivity contribution is 6.05. The number of nitrogen functional groups attached to an aromatic ring is 1. The lowest BCUT2D eigenvalue weighted by Crippen LogP contribution is -2.15. The smallest absolute Gasteiger partial charge is 0.279 e. The molecule has 0 radical (unpaired) electrons. The average Bonchev–Trinajstić information content (AvgIpc) is 2.59. The van der Waals surface area contributed by atoms with E-state index >= 15 is 0 Å². The number of carbonyl (C=O) groups excluding carboxylic acids is 1. The Morgan fingerprint density at radius 2 is 2.38 bits per heavy atom. The number of nitrogens with two attached hydrogens (primary N) is 1. The first kappa shape index (κ1) is 10.1. The van der Waals surface area contributed by atoms with Gasteiger partial charge in [0, 0.05) is 19.4 Å². The van der Waals surface area contributed by atoms with Crippen LogP contribution in [-0.2, 0) is 7.05 Å². The Morgan fingerprint density at radius 1 is 1.56 bits per heavy atom. The van der Waals surface area contributed by atoms with Crippen LogP contribution in [0.5, 0.6) is 0 Å². The van der Waals surface area contributed by atoms with Crippen LogP contribution >= 0.6 is 0 Å². The van der Waals surface area contributed by atoms with Crippen LogP contribution in [-0.4, -0.2) is 25.9 Å². The molecule has 2 aromatic heterocycles. The molecule has 16 heavy (non-hydrogen) atoms. The molecule has 0 aliphatic carbocycles. The molecule has 0 bridgehead atoms. The number of rotatable bonds is 2. The molecule has 0 atom stereocenters. The molecule has 2 rings (SSSR count). The molecule has 0 saturated carbocycles. The van der Waals surface area contributed by atoms with Crippen LogP contribution in [0.25, 0.3) is 0 Å². The van der Waals surface area contributed by atoms with Gasteiger partial charge < -0.3 is 11.1 Å². The number of carbonyl (C=O) groups is 1. The molecule has 0 unspecified atom stereocenters. The van der Waals surface area contributed by atoms with Gasteiger partial charge in [-0.25, -0.2) is 0 Å². The Labute approximate surface area is 91.3 Å². The number of hydrogen-bond acceptors (Lipinski definition) is 5. The molecular formula is C9H10N6O. The predicted molar refractivity (Wildman–Crippen MR) is 57.6 cm³/mol. The van der Waals surface area contributed by atoms with E-state index in [0.717, 1.165) is 0 Å². The summed E-state index contributed by atoms with van der Waals surface area (Å²) in [5, 5.41) is 13.8. The molecule has 7 nitrogen and oxygen atoms in total. The van der Waals surface area contributed by atoms with Crippen LogP contribution in [0, 0.1) is 0 Å². The number of aromatic nitrogens is 4. The zero-order valence-electron chi connectivity index (χ0n) is 8.58. The number of anilines is 2. The number of aryl methyl sites for hydroxylation is 1. The summed E-state index contributed by atoms with van der Waals surface area (Å²) < 4.78 is 1.47. The molecule has 2 aromatic rings. The molecule has 0 saturated heterocycles. The van der Waals surface area contributed by atoms with Gasteiger partial charge in [0.25, 0.3) is 5.91 Å². The Kier molecular flexibility index (Phi) is 2.50. The highest BCUT2D eigenvalue weighted by Gasteiger charge is 2.14. The summed E-state index contributed by atoms with van der Waals surface area (Å²) in [6, 6.07) is 3.30. The topological polar surface area (TPSA) is 98.7 Å². The first-order valence-electron chi connectivity index (χ1n) is 4.55. The first-order valence-corrected chi connectivity index (χ1v) is 4.55. The van der Waals surface area contributed by atoms with Crippen molar-refractivity contribution in [2.75, 3.05) is 11.1 Å². The van der Waals surface area contributed by atoms with Crippen LogP contribution in [0.3, 0.4) is 0 Å². The highest BCUT2D eigenvalue weighted by Crippen LogP contribution is 2.10. The number of hydrogen-bond donors (Lipinski definition) is 2. The molecule has 0 spiro atoms. The third kappa shape index (κ3) is 1.97. The molecule has 2 heterocycles. The predicted octanol–water partition coefficient (Wildman–Crippen LogP) is 0.0446. The van der Waals surface area contributed by atoms with Gasteiger partial charge in [-0.1, -0.05) is 0 Å². The minimum absolute atomic E-state index is 0.174. The van der Waals surface area contributed by atoms with Gasteiger partial charge in [0.2, 0.25) is 0 Å². The molecule has 0 aliphatic rings. The summed E-state index contributed by atoms with van der Waals surface area (Å²) in [5.41, 5.74) is 6.11. The lowest BCUT2D eigenvalue weighted by atomic mass is 10.3. The SMILES string of the molecule is Cn1cc(N)c(C(=O)Nc2cccnn2)n1. The van der Waals surface area contributed by atoms with Crippen molar-refractivity contribution in [1.82, 2.24) is 20.0 Å². The fourth-order valence-electron chi connectivity index (χ4n) is 1.23. The van der Waals surface area contributed by atoms with Gasteiger partial charge in [-0.05, 0) is 12.1 Å². The lowest BCUT2D eigenvalue weighted by Gasteiger charge is -2.00. The maximum absolute atomic E-state index is 11.7. The van der Waals surface area contributed by atoms with Crippen molar-refractivity contribution < 1.29 is 4.79 Å². The normalized spacial score (nSPS) is 10.1. The highest BCUT2D eigenvalue weighted by atomic mass is 16.2. The van der Waals surface area contributed by atoms with Gasteiger partial charge in [0.1, 0.15) is 0 Å². The summed E-state index contributed by atoms with van der Waals surface area (Å²) >= 11 is 0. The van der Waals surface area contributed by atoms with Gasteiger partial charge in [0.15, 0.2) is 11.5 Å². The van der Waals surface area contributed by atoms with Gasteiger partial charge >= 0.3 is 0 Å². The monoisotopic (exact) mass is 218 g/mol. The number of amides is 1. The molecule has 0 aromatic carbocycles. The summed E-state index contributed by atoms with van der Waals surface area (Å²) in [6.45, 7) is 0.